The van der Waals surface area contributed by atoms with Crippen LogP contribution in [0.4, 0.5) is 0 Å². The number of aliphatic carboxylic acids is 1. The minimum Gasteiger partial charge on any atom is -0.500 e. The monoisotopic (exact) mass is 324 g/mol. The summed E-state index contributed by atoms with van der Waals surface area (Å²) in [7, 11) is -4.25. The Morgan fingerprint density at radius 2 is 1.84 bits per heavy atom. The lowest BCUT2D eigenvalue weighted by Gasteiger charge is -2.06. The molecule has 5 nitrogen and oxygen atoms in total. The van der Waals surface area contributed by atoms with Crippen LogP contribution in [0.5, 0.6) is 0 Å². The Bertz CT molecular complexity index is 602. The lowest BCUT2D eigenvalue weighted by molar-refractivity contribution is -0.132. The van der Waals surface area contributed by atoms with Crippen molar-refractivity contribution in [2.24, 2.45) is 0 Å². The van der Waals surface area contributed by atoms with Gasteiger partial charge in [-0.25, -0.2) is 13.2 Å². The number of carboxylic acids is 1. The molecule has 104 valence electrons. The third-order valence-electron chi connectivity index (χ3n) is 2.00. The van der Waals surface area contributed by atoms with E-state index in [1.165, 1.54) is 6.07 Å². The van der Waals surface area contributed by atoms with Crippen molar-refractivity contribution in [3.05, 3.63) is 39.4 Å². The Balaban J connectivity index is 3.39. The summed E-state index contributed by atoms with van der Waals surface area (Å²) in [5, 5.41) is 9.12. The van der Waals surface area contributed by atoms with Crippen LogP contribution in [0, 0.1) is 0 Å². The molecule has 1 N–H and O–H groups in total. The predicted octanol–water partition coefficient (Wildman–Crippen LogP) is 2.73. The highest BCUT2D eigenvalue weighted by Gasteiger charge is 2.28. The molecule has 1 aromatic carbocycles. The van der Waals surface area contributed by atoms with Gasteiger partial charge in [0.05, 0.1) is 11.5 Å². The van der Waals surface area contributed by atoms with E-state index in [0.717, 1.165) is 12.1 Å². The van der Waals surface area contributed by atoms with Gasteiger partial charge in [-0.15, -0.1) is 0 Å². The van der Waals surface area contributed by atoms with E-state index in [4.69, 9.17) is 33.0 Å². The van der Waals surface area contributed by atoms with E-state index < -0.39 is 20.7 Å². The van der Waals surface area contributed by atoms with Gasteiger partial charge in [0.15, 0.2) is 4.91 Å². The van der Waals surface area contributed by atoms with E-state index in [2.05, 4.69) is 0 Å². The smallest absolute Gasteiger partial charge is 0.350 e. The Morgan fingerprint density at radius 1 is 1.32 bits per heavy atom. The van der Waals surface area contributed by atoms with Gasteiger partial charge in [-0.3, -0.25) is 0 Å². The van der Waals surface area contributed by atoms with Crippen LogP contribution >= 0.6 is 23.2 Å². The molecule has 0 aliphatic rings. The fourth-order valence-corrected chi connectivity index (χ4v) is 3.10. The zero-order chi connectivity index (χ0) is 14.6. The van der Waals surface area contributed by atoms with E-state index in [0.29, 0.717) is 6.26 Å². The molecule has 8 heteroatoms. The van der Waals surface area contributed by atoms with Crippen LogP contribution in [0.25, 0.3) is 0 Å². The van der Waals surface area contributed by atoms with Gasteiger partial charge in [-0.1, -0.05) is 23.2 Å². The van der Waals surface area contributed by atoms with Gasteiger partial charge in [0.2, 0.25) is 9.84 Å². The maximum atomic E-state index is 12.1. The van der Waals surface area contributed by atoms with Gasteiger partial charge in [0.25, 0.3) is 0 Å². The van der Waals surface area contributed by atoms with Crippen LogP contribution in [0.1, 0.15) is 6.92 Å². The van der Waals surface area contributed by atoms with E-state index in [1.807, 2.05) is 0 Å². The maximum Gasteiger partial charge on any atom is 0.350 e. The summed E-state index contributed by atoms with van der Waals surface area (Å²) in [6, 6.07) is 3.58. The number of hydrogen-bond acceptors (Lipinski definition) is 4. The molecule has 0 aliphatic carbocycles. The summed E-state index contributed by atoms with van der Waals surface area (Å²) in [4.78, 5) is 9.81. The van der Waals surface area contributed by atoms with Gasteiger partial charge >= 0.3 is 5.97 Å². The van der Waals surface area contributed by atoms with Gasteiger partial charge in [0, 0.05) is 10.0 Å². The summed E-state index contributed by atoms with van der Waals surface area (Å²) in [6.45, 7) is 1.74. The number of carbonyl (C=O) groups is 1. The molecule has 1 aromatic rings. The zero-order valence-electron chi connectivity index (χ0n) is 9.76. The second-order valence-electron chi connectivity index (χ2n) is 3.35. The molecule has 0 amide bonds. The average molecular weight is 325 g/mol. The topological polar surface area (TPSA) is 80.7 Å². The second-order valence-corrected chi connectivity index (χ2v) is 6.14. The Morgan fingerprint density at radius 3 is 2.26 bits per heavy atom. The standard InChI is InChI=1S/C11H10Cl2O5S/c1-2-18-6-10(11(14)15)19(16,17)9-4-7(12)3-8(13)5-9/h3-6H,2H2,1H3,(H,14,15). The Labute approximate surface area is 120 Å². The van der Waals surface area contributed by atoms with Crippen LogP contribution < -0.4 is 0 Å². The molecule has 0 aliphatic heterocycles. The highest BCUT2D eigenvalue weighted by atomic mass is 35.5. The largest absolute Gasteiger partial charge is 0.500 e. The van der Waals surface area contributed by atoms with Gasteiger partial charge in [-0.2, -0.15) is 0 Å². The highest BCUT2D eigenvalue weighted by Crippen LogP contribution is 2.26. The Hall–Kier alpha value is -1.24. The summed E-state index contributed by atoms with van der Waals surface area (Å²) in [6.07, 6.45) is 0.687. The van der Waals surface area contributed by atoms with Crippen LogP contribution in [0.2, 0.25) is 10.0 Å². The summed E-state index contributed by atoms with van der Waals surface area (Å²) in [5.41, 5.74) is 0. The van der Waals surface area contributed by atoms with E-state index >= 15 is 0 Å². The van der Waals surface area contributed by atoms with Gasteiger partial charge in [-0.05, 0) is 25.1 Å². The van der Waals surface area contributed by atoms with Crippen LogP contribution in [0.3, 0.4) is 0 Å². The van der Waals surface area contributed by atoms with Crippen LogP contribution in [-0.2, 0) is 19.4 Å². The fraction of sp³-hybridized carbons (Fsp3) is 0.182. The van der Waals surface area contributed by atoms with E-state index in [-0.39, 0.29) is 21.5 Å². The number of carboxylic acid groups (broad SMARTS) is 1. The number of ether oxygens (including phenoxy) is 1. The molecule has 0 fully saturated rings. The minimum atomic E-state index is -4.25. The first kappa shape index (κ1) is 15.8. The molecular weight excluding hydrogens is 315 g/mol. The third-order valence-corrected chi connectivity index (χ3v) is 4.15. The third kappa shape index (κ3) is 3.86. The second kappa shape index (κ2) is 6.27. The maximum absolute atomic E-state index is 12.1. The number of rotatable bonds is 5. The van der Waals surface area contributed by atoms with Crippen molar-refractivity contribution in [2.45, 2.75) is 11.8 Å². The molecule has 1 rings (SSSR count). The van der Waals surface area contributed by atoms with Crippen molar-refractivity contribution in [1.29, 1.82) is 0 Å². The van der Waals surface area contributed by atoms with E-state index in [9.17, 15) is 13.2 Å². The first-order chi connectivity index (χ1) is 8.78. The van der Waals surface area contributed by atoms with Crippen molar-refractivity contribution in [2.75, 3.05) is 6.61 Å². The molecule has 0 atom stereocenters. The zero-order valence-corrected chi connectivity index (χ0v) is 12.1. The van der Waals surface area contributed by atoms with Crippen molar-refractivity contribution in [1.82, 2.24) is 0 Å². The lowest BCUT2D eigenvalue weighted by Crippen LogP contribution is -2.14. The molecule has 0 heterocycles. The molecule has 0 saturated carbocycles. The van der Waals surface area contributed by atoms with Crippen molar-refractivity contribution in [3.63, 3.8) is 0 Å². The molecule has 0 aromatic heterocycles. The summed E-state index contributed by atoms with van der Waals surface area (Å²) >= 11 is 11.4. The quantitative estimate of drug-likeness (QED) is 0.665. The number of halogens is 2. The number of benzene rings is 1. The molecule has 0 unspecified atom stereocenters. The highest BCUT2D eigenvalue weighted by molar-refractivity contribution is 7.96. The SMILES string of the molecule is CCOC=C(C(=O)O)S(=O)(=O)c1cc(Cl)cc(Cl)c1. The molecule has 0 saturated heterocycles. The molecule has 0 bridgehead atoms. The van der Waals surface area contributed by atoms with E-state index in [1.54, 1.807) is 6.92 Å². The summed E-state index contributed by atoms with van der Waals surface area (Å²) < 4.78 is 29.0. The predicted molar refractivity (Wildman–Crippen MR) is 71.0 cm³/mol. The van der Waals surface area contributed by atoms with Gasteiger partial charge in [0.1, 0.15) is 6.26 Å². The first-order valence-corrected chi connectivity index (χ1v) is 7.29. The molecule has 0 spiro atoms. The first-order valence-electron chi connectivity index (χ1n) is 5.05. The average Bonchev–Trinajstić information content (AvgIpc) is 2.27. The Kier molecular flexibility index (Phi) is 5.22. The van der Waals surface area contributed by atoms with Crippen molar-refractivity contribution in [3.8, 4) is 0 Å². The van der Waals surface area contributed by atoms with Crippen molar-refractivity contribution >= 4 is 39.0 Å². The minimum absolute atomic E-state index is 0.0900. The summed E-state index contributed by atoms with van der Waals surface area (Å²) in [5.74, 6) is -1.62. The fourth-order valence-electron chi connectivity index (χ4n) is 1.20. The molecule has 19 heavy (non-hydrogen) atoms. The number of sulfone groups is 1. The lowest BCUT2D eigenvalue weighted by atomic mass is 10.4. The van der Waals surface area contributed by atoms with Crippen molar-refractivity contribution < 1.29 is 23.1 Å². The van der Waals surface area contributed by atoms with Gasteiger partial charge < -0.3 is 9.84 Å². The normalized spacial score (nSPS) is 12.3. The van der Waals surface area contributed by atoms with Crippen LogP contribution in [0.15, 0.2) is 34.3 Å². The molecular formula is C11H10Cl2O5S. The molecule has 0 radical (unpaired) electrons. The van der Waals surface area contributed by atoms with Crippen LogP contribution in [-0.4, -0.2) is 26.1 Å². The number of hydrogen-bond donors (Lipinski definition) is 1.